The predicted molar refractivity (Wildman–Crippen MR) is 205 cm³/mol. The van der Waals surface area contributed by atoms with E-state index in [-0.39, 0.29) is 5.41 Å². The Balaban J connectivity index is 1.17. The first-order valence-electron chi connectivity index (χ1n) is 17.1. The lowest BCUT2D eigenvalue weighted by Crippen LogP contribution is -2.14. The minimum atomic E-state index is -0.145. The molecule has 240 valence electrons. The van der Waals surface area contributed by atoms with Gasteiger partial charge in [0.15, 0.2) is 0 Å². The zero-order valence-electron chi connectivity index (χ0n) is 28.0. The van der Waals surface area contributed by atoms with Crippen LogP contribution in [0.3, 0.4) is 0 Å². The second-order valence-electron chi connectivity index (χ2n) is 13.7. The van der Waals surface area contributed by atoms with Gasteiger partial charge in [-0.25, -0.2) is 9.97 Å². The zero-order valence-corrected chi connectivity index (χ0v) is 28.0. The number of nitrogens with zero attached hydrogens (tertiary/aromatic N) is 6. The van der Waals surface area contributed by atoms with Crippen LogP contribution in [0.2, 0.25) is 0 Å². The lowest BCUT2D eigenvalue weighted by Gasteiger charge is -2.21. The van der Waals surface area contributed by atoms with Crippen LogP contribution in [-0.2, 0) is 5.41 Å². The summed E-state index contributed by atoms with van der Waals surface area (Å²) in [5.74, 6) is 0. The van der Waals surface area contributed by atoms with Crippen LogP contribution in [0.15, 0.2) is 146 Å². The highest BCUT2D eigenvalue weighted by molar-refractivity contribution is 6.04. The van der Waals surface area contributed by atoms with Crippen molar-refractivity contribution >= 4 is 32.7 Å². The number of fused-ring (bicyclic) bond motifs is 7. The normalized spacial score (nSPS) is 13.1. The van der Waals surface area contributed by atoms with Crippen LogP contribution in [0.5, 0.6) is 0 Å². The van der Waals surface area contributed by atoms with Gasteiger partial charge in [-0.05, 0) is 52.6 Å². The number of aromatic nitrogens is 6. The van der Waals surface area contributed by atoms with Crippen LogP contribution in [0.4, 0.5) is 0 Å². The molecule has 0 spiro atoms. The maximum atomic E-state index is 5.44. The third-order valence-corrected chi connectivity index (χ3v) is 10.3. The fourth-order valence-electron chi connectivity index (χ4n) is 7.70. The molecule has 9 aromatic rings. The van der Waals surface area contributed by atoms with Gasteiger partial charge in [-0.2, -0.15) is 10.2 Å². The molecule has 10 rings (SSSR count). The van der Waals surface area contributed by atoms with Crippen molar-refractivity contribution in [2.24, 2.45) is 0 Å². The van der Waals surface area contributed by atoms with Gasteiger partial charge in [0, 0.05) is 50.0 Å². The molecule has 4 aromatic heterocycles. The van der Waals surface area contributed by atoms with Crippen molar-refractivity contribution in [3.63, 3.8) is 0 Å². The summed E-state index contributed by atoms with van der Waals surface area (Å²) in [6.45, 7) is 4.61. The molecule has 5 aromatic carbocycles. The molecular weight excluding hydrogens is 625 g/mol. The largest absolute Gasteiger partial charge is 0.253 e. The molecule has 1 aliphatic carbocycles. The molecule has 0 fully saturated rings. The number of hydrogen-bond acceptors (Lipinski definition) is 6. The maximum absolute atomic E-state index is 5.44. The second-order valence-corrected chi connectivity index (χ2v) is 13.7. The molecule has 0 saturated carbocycles. The summed E-state index contributed by atoms with van der Waals surface area (Å²) in [6.07, 6.45) is 5.48. The van der Waals surface area contributed by atoms with E-state index in [9.17, 15) is 0 Å². The third-order valence-electron chi connectivity index (χ3n) is 10.3. The van der Waals surface area contributed by atoms with Crippen LogP contribution in [0.1, 0.15) is 25.0 Å². The van der Waals surface area contributed by atoms with Gasteiger partial charge in [0.05, 0.1) is 51.7 Å². The van der Waals surface area contributed by atoms with Crippen LogP contribution >= 0.6 is 0 Å². The van der Waals surface area contributed by atoms with Gasteiger partial charge in [-0.15, -0.1) is 0 Å². The van der Waals surface area contributed by atoms with Crippen molar-refractivity contribution in [1.29, 1.82) is 0 Å². The second kappa shape index (κ2) is 11.2. The van der Waals surface area contributed by atoms with Gasteiger partial charge in [0.25, 0.3) is 0 Å². The van der Waals surface area contributed by atoms with Gasteiger partial charge >= 0.3 is 0 Å². The first kappa shape index (κ1) is 29.3. The summed E-state index contributed by atoms with van der Waals surface area (Å²) >= 11 is 0. The van der Waals surface area contributed by atoms with Crippen LogP contribution in [-0.4, -0.2) is 30.1 Å². The van der Waals surface area contributed by atoms with Crippen molar-refractivity contribution in [2.45, 2.75) is 19.3 Å². The molecule has 0 bridgehead atoms. The van der Waals surface area contributed by atoms with E-state index in [1.54, 1.807) is 6.20 Å². The number of rotatable bonds is 4. The molecule has 0 atom stereocenters. The Morgan fingerprint density at radius 1 is 0.490 bits per heavy atom. The van der Waals surface area contributed by atoms with Crippen LogP contribution < -0.4 is 0 Å². The summed E-state index contributed by atoms with van der Waals surface area (Å²) in [4.78, 5) is 20.7. The third kappa shape index (κ3) is 4.64. The molecule has 0 N–H and O–H groups in total. The van der Waals surface area contributed by atoms with E-state index >= 15 is 0 Å². The molecule has 0 aliphatic heterocycles. The van der Waals surface area contributed by atoms with E-state index in [1.165, 1.54) is 22.3 Å². The topological polar surface area (TPSA) is 77.3 Å². The molecule has 6 nitrogen and oxygen atoms in total. The Bertz CT molecular complexity index is 2840. The summed E-state index contributed by atoms with van der Waals surface area (Å²) < 4.78 is 0. The highest BCUT2D eigenvalue weighted by Gasteiger charge is 2.37. The lowest BCUT2D eigenvalue weighted by molar-refractivity contribution is 0.660. The van der Waals surface area contributed by atoms with Gasteiger partial charge in [0.1, 0.15) is 0 Å². The van der Waals surface area contributed by atoms with Crippen molar-refractivity contribution in [3.8, 4) is 56.2 Å². The van der Waals surface area contributed by atoms with Gasteiger partial charge < -0.3 is 0 Å². The highest BCUT2D eigenvalue weighted by atomic mass is 15.1. The first-order valence-corrected chi connectivity index (χ1v) is 17.1. The predicted octanol–water partition coefficient (Wildman–Crippen LogP) is 10.5. The van der Waals surface area contributed by atoms with Crippen LogP contribution in [0.25, 0.3) is 88.9 Å². The smallest absolute Gasteiger partial charge is 0.0979 e. The van der Waals surface area contributed by atoms with Gasteiger partial charge in [-0.3, -0.25) is 9.97 Å². The minimum Gasteiger partial charge on any atom is -0.253 e. The summed E-state index contributed by atoms with van der Waals surface area (Å²) in [7, 11) is 0. The summed E-state index contributed by atoms with van der Waals surface area (Å²) in [6, 6.07) is 44.3. The molecule has 4 heterocycles. The standard InChI is InChI=1S/C45H30N6/c1-45(2)35-13-7-6-11-33(35)40-34(12-8-14-36(40)45)44-42(31-18-20-38-29(23-31)21-22-48-51-38)47-26-39(50-44)32-24-30-16-15-28-17-19-37(27-9-4-3-5-10-27)49-43(28)41(30)46-25-32/h3-26H,1-2H3. The lowest BCUT2D eigenvalue weighted by atomic mass is 9.82. The highest BCUT2D eigenvalue weighted by Crippen LogP contribution is 2.52. The average molecular weight is 655 g/mol. The Hall–Kier alpha value is -6.66. The van der Waals surface area contributed by atoms with Gasteiger partial charge in [0.2, 0.25) is 0 Å². The molecule has 0 amide bonds. The fraction of sp³-hybridized carbons (Fsp3) is 0.0667. The Labute approximate surface area is 294 Å². The Kier molecular flexibility index (Phi) is 6.42. The monoisotopic (exact) mass is 654 g/mol. The first-order chi connectivity index (χ1) is 25.0. The molecule has 0 saturated heterocycles. The minimum absolute atomic E-state index is 0.145. The van der Waals surface area contributed by atoms with E-state index in [1.807, 2.05) is 42.7 Å². The summed E-state index contributed by atoms with van der Waals surface area (Å²) in [5, 5.41) is 11.4. The van der Waals surface area contributed by atoms with Gasteiger partial charge in [-0.1, -0.05) is 111 Å². The average Bonchev–Trinajstić information content (AvgIpc) is 3.43. The maximum Gasteiger partial charge on any atom is 0.0979 e. The molecule has 51 heavy (non-hydrogen) atoms. The summed E-state index contributed by atoms with van der Waals surface area (Å²) in [5.41, 5.74) is 14.8. The van der Waals surface area contributed by atoms with Crippen molar-refractivity contribution in [1.82, 2.24) is 30.1 Å². The molecular formula is C45H30N6. The quantitative estimate of drug-likeness (QED) is 0.176. The van der Waals surface area contributed by atoms with Crippen molar-refractivity contribution in [2.75, 3.05) is 0 Å². The van der Waals surface area contributed by atoms with E-state index < -0.39 is 0 Å². The van der Waals surface area contributed by atoms with Crippen molar-refractivity contribution in [3.05, 3.63) is 157 Å². The molecule has 0 unspecified atom stereocenters. The molecule has 6 heteroatoms. The van der Waals surface area contributed by atoms with Crippen molar-refractivity contribution < 1.29 is 0 Å². The SMILES string of the molecule is CC1(C)c2ccccc2-c2c(-c3nc(-c4cnc5c(ccc6ccc(-c7ccccc7)nc65)c4)cnc3-c3ccc4nnccc4c3)cccc21. The zero-order chi connectivity index (χ0) is 34.1. The Morgan fingerprint density at radius 3 is 2.20 bits per heavy atom. The van der Waals surface area contributed by atoms with E-state index in [0.29, 0.717) is 0 Å². The molecule has 0 radical (unpaired) electrons. The number of hydrogen-bond donors (Lipinski definition) is 0. The number of benzene rings is 5. The number of pyridine rings is 2. The van der Waals surface area contributed by atoms with E-state index in [2.05, 4.69) is 121 Å². The van der Waals surface area contributed by atoms with E-state index in [4.69, 9.17) is 19.9 Å². The fourth-order valence-corrected chi connectivity index (χ4v) is 7.70. The Morgan fingerprint density at radius 2 is 1.27 bits per heavy atom. The van der Waals surface area contributed by atoms with Crippen LogP contribution in [0, 0.1) is 0 Å². The molecule has 1 aliphatic rings. The van der Waals surface area contributed by atoms with E-state index in [0.717, 1.165) is 77.7 Å².